The molecule has 0 unspecified atom stereocenters. The van der Waals surface area contributed by atoms with E-state index in [1.165, 1.54) is 6.20 Å². The van der Waals surface area contributed by atoms with Crippen LogP contribution in [0.1, 0.15) is 16.1 Å². The largest absolute Gasteiger partial charge is 0.341 e. The monoisotopic (exact) mass is 177 g/mol. The highest BCUT2D eigenvalue weighted by atomic mass is 16.1. The number of hydrogen-bond donors (Lipinski definition) is 1. The van der Waals surface area contributed by atoms with Crippen LogP contribution in [-0.4, -0.2) is 22.2 Å². The van der Waals surface area contributed by atoms with Crippen molar-refractivity contribution in [3.05, 3.63) is 17.5 Å². The molecule has 0 aromatic carbocycles. The van der Waals surface area contributed by atoms with E-state index >= 15 is 0 Å². The average Bonchev–Trinajstić information content (AvgIpc) is 2.44. The van der Waals surface area contributed by atoms with Crippen LogP contribution in [0.2, 0.25) is 0 Å². The van der Waals surface area contributed by atoms with E-state index in [9.17, 15) is 4.79 Å². The highest BCUT2D eigenvalue weighted by Gasteiger charge is 2.10. The molecule has 0 saturated heterocycles. The van der Waals surface area contributed by atoms with Crippen LogP contribution < -0.4 is 5.32 Å². The van der Waals surface area contributed by atoms with E-state index in [2.05, 4.69) is 16.3 Å². The first-order chi connectivity index (χ1) is 6.16. The normalized spacial score (nSPS) is 9.31. The second kappa shape index (κ2) is 3.76. The van der Waals surface area contributed by atoms with Crippen molar-refractivity contribution in [2.24, 2.45) is 7.05 Å². The Bertz CT molecular complexity index is 359. The first-order valence-corrected chi connectivity index (χ1v) is 3.87. The van der Waals surface area contributed by atoms with E-state index in [0.717, 1.165) is 5.69 Å². The van der Waals surface area contributed by atoms with E-state index in [4.69, 9.17) is 6.42 Å². The lowest BCUT2D eigenvalue weighted by atomic mass is 10.2. The van der Waals surface area contributed by atoms with Gasteiger partial charge in [-0.15, -0.1) is 6.42 Å². The number of rotatable bonds is 2. The molecule has 0 atom stereocenters. The Balaban J connectivity index is 2.78. The van der Waals surface area contributed by atoms with Crippen molar-refractivity contribution in [2.45, 2.75) is 6.92 Å². The standard InChI is InChI=1S/C9H11N3O/c1-4-5-10-9(13)8-6-11-12(3)7(8)2/h1,6H,5H2,2-3H3,(H,10,13). The van der Waals surface area contributed by atoms with Gasteiger partial charge >= 0.3 is 0 Å². The van der Waals surface area contributed by atoms with E-state index in [0.29, 0.717) is 5.56 Å². The number of amides is 1. The van der Waals surface area contributed by atoms with Gasteiger partial charge in [-0.05, 0) is 6.92 Å². The zero-order valence-corrected chi connectivity index (χ0v) is 7.66. The van der Waals surface area contributed by atoms with Crippen molar-refractivity contribution in [1.82, 2.24) is 15.1 Å². The van der Waals surface area contributed by atoms with Gasteiger partial charge in [0.2, 0.25) is 0 Å². The van der Waals surface area contributed by atoms with Crippen LogP contribution in [0.4, 0.5) is 0 Å². The maximum atomic E-state index is 11.4. The Hall–Kier alpha value is -1.76. The molecule has 4 nitrogen and oxygen atoms in total. The molecule has 1 rings (SSSR count). The summed E-state index contributed by atoms with van der Waals surface area (Å²) in [5, 5.41) is 6.52. The predicted octanol–water partition coefficient (Wildman–Crippen LogP) is 0.0915. The lowest BCUT2D eigenvalue weighted by Gasteiger charge is -1.99. The predicted molar refractivity (Wildman–Crippen MR) is 49.1 cm³/mol. The van der Waals surface area contributed by atoms with E-state index in [1.807, 2.05) is 6.92 Å². The number of hydrogen-bond acceptors (Lipinski definition) is 2. The first-order valence-electron chi connectivity index (χ1n) is 3.87. The molecule has 4 heteroatoms. The molecule has 0 bridgehead atoms. The number of aryl methyl sites for hydroxylation is 1. The Morgan fingerprint density at radius 3 is 3.00 bits per heavy atom. The number of carbonyl (C=O) groups is 1. The molecule has 0 saturated carbocycles. The maximum absolute atomic E-state index is 11.4. The Labute approximate surface area is 76.9 Å². The smallest absolute Gasteiger partial charge is 0.255 e. The van der Waals surface area contributed by atoms with Crippen LogP contribution in [-0.2, 0) is 7.05 Å². The van der Waals surface area contributed by atoms with Crippen molar-refractivity contribution in [1.29, 1.82) is 0 Å². The maximum Gasteiger partial charge on any atom is 0.255 e. The van der Waals surface area contributed by atoms with Gasteiger partial charge in [0, 0.05) is 12.7 Å². The summed E-state index contributed by atoms with van der Waals surface area (Å²) in [4.78, 5) is 11.4. The topological polar surface area (TPSA) is 46.9 Å². The molecule has 0 aliphatic rings. The molecule has 13 heavy (non-hydrogen) atoms. The van der Waals surface area contributed by atoms with Crippen molar-refractivity contribution in [3.63, 3.8) is 0 Å². The summed E-state index contributed by atoms with van der Waals surface area (Å²) >= 11 is 0. The fourth-order valence-corrected chi connectivity index (χ4v) is 0.948. The first kappa shape index (κ1) is 9.33. The molecule has 0 fully saturated rings. The third kappa shape index (κ3) is 1.88. The summed E-state index contributed by atoms with van der Waals surface area (Å²) in [6.07, 6.45) is 6.54. The van der Waals surface area contributed by atoms with E-state index < -0.39 is 0 Å². The molecule has 0 aliphatic carbocycles. The van der Waals surface area contributed by atoms with Gasteiger partial charge in [0.1, 0.15) is 0 Å². The van der Waals surface area contributed by atoms with Crippen LogP contribution in [0.5, 0.6) is 0 Å². The molecule has 1 aromatic rings. The molecule has 1 aromatic heterocycles. The molecule has 1 N–H and O–H groups in total. The molecule has 1 heterocycles. The van der Waals surface area contributed by atoms with Gasteiger partial charge in [0.15, 0.2) is 0 Å². The molecular formula is C9H11N3O. The van der Waals surface area contributed by atoms with Gasteiger partial charge in [-0.25, -0.2) is 0 Å². The third-order valence-corrected chi connectivity index (χ3v) is 1.83. The van der Waals surface area contributed by atoms with Gasteiger partial charge in [-0.1, -0.05) is 5.92 Å². The van der Waals surface area contributed by atoms with Crippen LogP contribution in [0.25, 0.3) is 0 Å². The minimum atomic E-state index is -0.177. The number of nitrogens with one attached hydrogen (secondary N) is 1. The van der Waals surface area contributed by atoms with Crippen LogP contribution in [0.3, 0.4) is 0 Å². The molecule has 0 aliphatic heterocycles. The van der Waals surface area contributed by atoms with Crippen molar-refractivity contribution in [2.75, 3.05) is 6.54 Å². The fourth-order valence-electron chi connectivity index (χ4n) is 0.948. The lowest BCUT2D eigenvalue weighted by Crippen LogP contribution is -2.23. The average molecular weight is 177 g/mol. The summed E-state index contributed by atoms with van der Waals surface area (Å²) in [6.45, 7) is 2.07. The highest BCUT2D eigenvalue weighted by Crippen LogP contribution is 2.04. The number of terminal acetylenes is 1. The molecule has 68 valence electrons. The van der Waals surface area contributed by atoms with E-state index in [-0.39, 0.29) is 12.5 Å². The Morgan fingerprint density at radius 2 is 2.54 bits per heavy atom. The SMILES string of the molecule is C#CCNC(=O)c1cnn(C)c1C. The summed E-state index contributed by atoms with van der Waals surface area (Å²) in [6, 6.07) is 0. The Kier molecular flexibility index (Phi) is 2.70. The van der Waals surface area contributed by atoms with Gasteiger partial charge < -0.3 is 5.32 Å². The molecule has 0 spiro atoms. The highest BCUT2D eigenvalue weighted by molar-refractivity contribution is 5.95. The van der Waals surface area contributed by atoms with Gasteiger partial charge in [-0.3, -0.25) is 9.48 Å². The van der Waals surface area contributed by atoms with Crippen molar-refractivity contribution >= 4 is 5.91 Å². The number of carbonyl (C=O) groups excluding carboxylic acids is 1. The molecule has 1 amide bonds. The zero-order chi connectivity index (χ0) is 9.84. The minimum absolute atomic E-state index is 0.177. The number of nitrogens with zero attached hydrogens (tertiary/aromatic N) is 2. The van der Waals surface area contributed by atoms with Crippen LogP contribution >= 0.6 is 0 Å². The van der Waals surface area contributed by atoms with Gasteiger partial charge in [0.25, 0.3) is 5.91 Å². The third-order valence-electron chi connectivity index (χ3n) is 1.83. The van der Waals surface area contributed by atoms with Crippen LogP contribution in [0, 0.1) is 19.3 Å². The second-order valence-electron chi connectivity index (χ2n) is 2.65. The summed E-state index contributed by atoms with van der Waals surface area (Å²) in [5.41, 5.74) is 1.40. The minimum Gasteiger partial charge on any atom is -0.341 e. The zero-order valence-electron chi connectivity index (χ0n) is 7.66. The van der Waals surface area contributed by atoms with Gasteiger partial charge in [0.05, 0.1) is 18.3 Å². The fraction of sp³-hybridized carbons (Fsp3) is 0.333. The summed E-state index contributed by atoms with van der Waals surface area (Å²) in [7, 11) is 1.79. The molecule has 0 radical (unpaired) electrons. The van der Waals surface area contributed by atoms with E-state index in [1.54, 1.807) is 11.7 Å². The number of aromatic nitrogens is 2. The van der Waals surface area contributed by atoms with Crippen molar-refractivity contribution in [3.8, 4) is 12.3 Å². The summed E-state index contributed by atoms with van der Waals surface area (Å²) in [5.74, 6) is 2.16. The second-order valence-corrected chi connectivity index (χ2v) is 2.65. The van der Waals surface area contributed by atoms with Crippen LogP contribution in [0.15, 0.2) is 6.20 Å². The van der Waals surface area contributed by atoms with Gasteiger partial charge in [-0.2, -0.15) is 5.10 Å². The van der Waals surface area contributed by atoms with Crippen molar-refractivity contribution < 1.29 is 4.79 Å². The lowest BCUT2D eigenvalue weighted by molar-refractivity contribution is 0.0958. The molecular weight excluding hydrogens is 166 g/mol. The Morgan fingerprint density at radius 1 is 1.85 bits per heavy atom. The quantitative estimate of drug-likeness (QED) is 0.651. The summed E-state index contributed by atoms with van der Waals surface area (Å²) < 4.78 is 1.64.